The maximum absolute atomic E-state index is 14.0. The number of methoxy groups -OCH3 is 1. The number of amides is 1. The quantitative estimate of drug-likeness (QED) is 0.395. The van der Waals surface area contributed by atoms with Crippen LogP contribution in [0.3, 0.4) is 0 Å². The number of benzene rings is 2. The first-order valence-electron chi connectivity index (χ1n) is 10.8. The molecule has 1 fully saturated rings. The topological polar surface area (TPSA) is 29.5 Å². The molecule has 31 heavy (non-hydrogen) atoms. The zero-order valence-electron chi connectivity index (χ0n) is 18.5. The lowest BCUT2D eigenvalue weighted by molar-refractivity contribution is -0.156. The van der Waals surface area contributed by atoms with Gasteiger partial charge in [-0.2, -0.15) is 0 Å². The van der Waals surface area contributed by atoms with Gasteiger partial charge in [0.2, 0.25) is 5.91 Å². The van der Waals surface area contributed by atoms with E-state index in [1.807, 2.05) is 48.5 Å². The van der Waals surface area contributed by atoms with Crippen molar-refractivity contribution in [2.75, 3.05) is 13.7 Å². The van der Waals surface area contributed by atoms with Gasteiger partial charge < -0.3 is 9.64 Å². The van der Waals surface area contributed by atoms with Crippen LogP contribution in [0.1, 0.15) is 56.2 Å². The maximum Gasteiger partial charge on any atom is 0.229 e. The average molecular weight is 460 g/mol. The first-order chi connectivity index (χ1) is 14.8. The fourth-order valence-corrected chi connectivity index (χ4v) is 5.20. The van der Waals surface area contributed by atoms with Crippen molar-refractivity contribution < 1.29 is 9.53 Å². The molecular weight excluding hydrogens is 429 g/mol. The fourth-order valence-electron chi connectivity index (χ4n) is 4.88. The number of nitrogens with zero attached hydrogens (tertiary/aromatic N) is 1. The molecule has 4 atom stereocenters. The second-order valence-electron chi connectivity index (χ2n) is 8.65. The van der Waals surface area contributed by atoms with Gasteiger partial charge in [0.1, 0.15) is 0 Å². The number of rotatable bonds is 8. The number of likely N-dealkylation sites (tertiary alicyclic amines) is 1. The third-order valence-electron chi connectivity index (χ3n) is 6.41. The van der Waals surface area contributed by atoms with Gasteiger partial charge in [0.15, 0.2) is 0 Å². The number of carbonyl (C=O) groups is 1. The number of halogens is 2. The van der Waals surface area contributed by atoms with Crippen LogP contribution in [-0.4, -0.2) is 30.6 Å². The molecule has 0 radical (unpaired) electrons. The van der Waals surface area contributed by atoms with Crippen molar-refractivity contribution in [3.63, 3.8) is 0 Å². The highest BCUT2D eigenvalue weighted by molar-refractivity contribution is 6.30. The second-order valence-corrected chi connectivity index (χ2v) is 9.52. The predicted molar refractivity (Wildman–Crippen MR) is 129 cm³/mol. The minimum atomic E-state index is -0.543. The Bertz CT molecular complexity index is 914. The van der Waals surface area contributed by atoms with E-state index in [-0.39, 0.29) is 23.9 Å². The number of hydrogen-bond donors (Lipinski definition) is 0. The summed E-state index contributed by atoms with van der Waals surface area (Å²) in [5.41, 5.74) is 1.66. The molecule has 1 heterocycles. The van der Waals surface area contributed by atoms with E-state index in [1.165, 1.54) is 0 Å². The molecule has 3 nitrogen and oxygen atoms in total. The Labute approximate surface area is 196 Å². The molecule has 3 rings (SSSR count). The molecule has 1 saturated heterocycles. The molecule has 1 aliphatic rings. The number of piperidine rings is 1. The molecule has 0 aromatic heterocycles. The highest BCUT2D eigenvalue weighted by Crippen LogP contribution is 2.52. The summed E-state index contributed by atoms with van der Waals surface area (Å²) >= 11 is 12.6. The number of hydrogen-bond acceptors (Lipinski definition) is 2. The van der Waals surface area contributed by atoms with Gasteiger partial charge in [-0.05, 0) is 54.7 Å². The van der Waals surface area contributed by atoms with Crippen molar-refractivity contribution >= 4 is 29.1 Å². The molecule has 2 aromatic carbocycles. The average Bonchev–Trinajstić information content (AvgIpc) is 2.75. The summed E-state index contributed by atoms with van der Waals surface area (Å²) in [5, 5.41) is 1.38. The van der Waals surface area contributed by atoms with E-state index < -0.39 is 5.41 Å². The van der Waals surface area contributed by atoms with Crippen LogP contribution in [0.4, 0.5) is 0 Å². The lowest BCUT2D eigenvalue weighted by atomic mass is 9.67. The summed E-state index contributed by atoms with van der Waals surface area (Å²) in [7, 11) is 1.69. The SMILES string of the molecule is C=CC[C@@]1(C)C[C@H](c2cccc(Cl)c2)[C@@H](c2ccc(Cl)cc2)N(C(CC)COC)C1=O. The monoisotopic (exact) mass is 459 g/mol. The smallest absolute Gasteiger partial charge is 0.229 e. The van der Waals surface area contributed by atoms with E-state index in [0.29, 0.717) is 29.5 Å². The summed E-state index contributed by atoms with van der Waals surface area (Å²) < 4.78 is 5.53. The minimum absolute atomic E-state index is 0.0377. The van der Waals surface area contributed by atoms with Crippen LogP contribution >= 0.6 is 23.2 Å². The lowest BCUT2D eigenvalue weighted by Gasteiger charge is -2.52. The zero-order chi connectivity index (χ0) is 22.6. The first kappa shape index (κ1) is 23.8. The van der Waals surface area contributed by atoms with Crippen molar-refractivity contribution in [1.29, 1.82) is 0 Å². The molecule has 2 aromatic rings. The zero-order valence-corrected chi connectivity index (χ0v) is 20.0. The van der Waals surface area contributed by atoms with Gasteiger partial charge in [0.25, 0.3) is 0 Å². The van der Waals surface area contributed by atoms with Gasteiger partial charge in [-0.15, -0.1) is 6.58 Å². The third kappa shape index (κ3) is 5.00. The summed E-state index contributed by atoms with van der Waals surface area (Å²) in [6.45, 7) is 8.57. The van der Waals surface area contributed by atoms with E-state index in [9.17, 15) is 4.79 Å². The van der Waals surface area contributed by atoms with Crippen LogP contribution in [0.5, 0.6) is 0 Å². The third-order valence-corrected chi connectivity index (χ3v) is 6.90. The van der Waals surface area contributed by atoms with Gasteiger partial charge in [-0.3, -0.25) is 4.79 Å². The molecule has 0 spiro atoms. The Kier molecular flexibility index (Phi) is 7.85. The highest BCUT2D eigenvalue weighted by atomic mass is 35.5. The van der Waals surface area contributed by atoms with Gasteiger partial charge in [-0.25, -0.2) is 0 Å². The molecule has 166 valence electrons. The minimum Gasteiger partial charge on any atom is -0.383 e. The van der Waals surface area contributed by atoms with E-state index >= 15 is 0 Å². The molecule has 1 amide bonds. The Morgan fingerprint density at radius 3 is 2.48 bits per heavy atom. The highest BCUT2D eigenvalue weighted by Gasteiger charge is 2.50. The van der Waals surface area contributed by atoms with E-state index in [1.54, 1.807) is 7.11 Å². The molecule has 0 aliphatic carbocycles. The molecule has 1 unspecified atom stereocenters. The molecule has 0 bridgehead atoms. The number of carbonyl (C=O) groups excluding carboxylic acids is 1. The van der Waals surface area contributed by atoms with Gasteiger partial charge >= 0.3 is 0 Å². The summed E-state index contributed by atoms with van der Waals surface area (Å²) in [6.07, 6.45) is 3.99. The largest absolute Gasteiger partial charge is 0.383 e. The van der Waals surface area contributed by atoms with Gasteiger partial charge in [0.05, 0.1) is 24.1 Å². The molecular formula is C26H31Cl2NO2. The standard InChI is InChI=1S/C26H31Cl2NO2/c1-5-14-26(3)16-23(19-8-7-9-21(28)15-19)24(18-10-12-20(27)13-11-18)29(25(26)30)22(6-2)17-31-4/h5,7-13,15,22-24H,1,6,14,16-17H2,2-4H3/t22?,23-,24-,26+/m1/s1. The van der Waals surface area contributed by atoms with Crippen LogP contribution in [0, 0.1) is 5.41 Å². The van der Waals surface area contributed by atoms with E-state index in [4.69, 9.17) is 27.9 Å². The number of ether oxygens (including phenoxy) is 1. The van der Waals surface area contributed by atoms with Crippen molar-refractivity contribution in [3.05, 3.63) is 82.4 Å². The lowest BCUT2D eigenvalue weighted by Crippen LogP contribution is -2.56. The molecule has 1 aliphatic heterocycles. The van der Waals surface area contributed by atoms with Gasteiger partial charge in [0, 0.05) is 23.1 Å². The normalized spacial score (nSPS) is 24.8. The van der Waals surface area contributed by atoms with Crippen LogP contribution < -0.4 is 0 Å². The predicted octanol–water partition coefficient (Wildman–Crippen LogP) is 7.06. The van der Waals surface area contributed by atoms with Crippen molar-refractivity contribution in [2.45, 2.75) is 51.1 Å². The number of allylic oxidation sites excluding steroid dienone is 1. The molecule has 0 N–H and O–H groups in total. The Hall–Kier alpha value is -1.81. The van der Waals surface area contributed by atoms with Crippen LogP contribution in [0.15, 0.2) is 61.2 Å². The Balaban J connectivity index is 2.21. The first-order valence-corrected chi connectivity index (χ1v) is 11.5. The van der Waals surface area contributed by atoms with Crippen LogP contribution in [0.25, 0.3) is 0 Å². The van der Waals surface area contributed by atoms with Gasteiger partial charge in [-0.1, -0.05) is 67.4 Å². The van der Waals surface area contributed by atoms with E-state index in [2.05, 4.69) is 31.4 Å². The Morgan fingerprint density at radius 1 is 1.19 bits per heavy atom. The molecule has 5 heteroatoms. The summed E-state index contributed by atoms with van der Waals surface area (Å²) in [5.74, 6) is 0.225. The second kappa shape index (κ2) is 10.2. The van der Waals surface area contributed by atoms with Crippen molar-refractivity contribution in [2.24, 2.45) is 5.41 Å². The summed E-state index contributed by atoms with van der Waals surface area (Å²) in [4.78, 5) is 16.0. The molecule has 0 saturated carbocycles. The Morgan fingerprint density at radius 2 is 1.90 bits per heavy atom. The fraction of sp³-hybridized carbons (Fsp3) is 0.423. The maximum atomic E-state index is 14.0. The van der Waals surface area contributed by atoms with E-state index in [0.717, 1.165) is 17.5 Å². The van der Waals surface area contributed by atoms with Crippen molar-refractivity contribution in [3.8, 4) is 0 Å². The van der Waals surface area contributed by atoms with Crippen LogP contribution in [0.2, 0.25) is 10.0 Å². The van der Waals surface area contributed by atoms with Crippen LogP contribution in [-0.2, 0) is 9.53 Å². The summed E-state index contributed by atoms with van der Waals surface area (Å²) in [6, 6.07) is 15.7. The van der Waals surface area contributed by atoms with Crippen molar-refractivity contribution in [1.82, 2.24) is 4.90 Å².